The van der Waals surface area contributed by atoms with E-state index in [1.54, 1.807) is 0 Å². The zero-order valence-corrected chi connectivity index (χ0v) is 15.8. The van der Waals surface area contributed by atoms with Crippen LogP contribution in [0.3, 0.4) is 0 Å². The van der Waals surface area contributed by atoms with Crippen LogP contribution in [0.15, 0.2) is 42.5 Å². The third kappa shape index (κ3) is 4.30. The Hall–Kier alpha value is -1.98. The van der Waals surface area contributed by atoms with Gasteiger partial charge in [-0.2, -0.15) is 17.9 Å². The van der Waals surface area contributed by atoms with Crippen molar-refractivity contribution in [1.29, 1.82) is 5.26 Å². The van der Waals surface area contributed by atoms with Crippen molar-refractivity contribution < 1.29 is 0 Å². The molecule has 0 radical (unpaired) electrons. The second-order valence-electron chi connectivity index (χ2n) is 6.95. The van der Waals surface area contributed by atoms with Gasteiger partial charge in [0, 0.05) is 0 Å². The summed E-state index contributed by atoms with van der Waals surface area (Å²) in [6.07, 6.45) is 3.26. The van der Waals surface area contributed by atoms with Gasteiger partial charge in [0.1, 0.15) is 0 Å². The van der Waals surface area contributed by atoms with Crippen molar-refractivity contribution in [2.45, 2.75) is 39.5 Å². The van der Waals surface area contributed by atoms with E-state index in [2.05, 4.69) is 70.7 Å². The minimum Gasteiger partial charge on any atom is -0.192 e. The van der Waals surface area contributed by atoms with Gasteiger partial charge >= 0.3 is 0 Å². The molecule has 2 aromatic rings. The molecule has 1 nitrogen and oxygen atoms in total. The molecule has 0 atom stereocenters. The lowest BCUT2D eigenvalue weighted by molar-refractivity contribution is 0.508. The number of hydrogen-bond donors (Lipinski definition) is 1. The highest BCUT2D eigenvalue weighted by Gasteiger charge is 2.21. The van der Waals surface area contributed by atoms with Gasteiger partial charge in [0.25, 0.3) is 0 Å². The summed E-state index contributed by atoms with van der Waals surface area (Å²) < 4.78 is 0. The molecule has 0 spiro atoms. The number of aryl methyl sites for hydroxylation is 1. The molecule has 0 amide bonds. The van der Waals surface area contributed by atoms with Gasteiger partial charge in [-0.25, -0.2) is 0 Å². The Balaban J connectivity index is 2.36. The predicted molar refractivity (Wildman–Crippen MR) is 107 cm³/mol. The van der Waals surface area contributed by atoms with Gasteiger partial charge in [0.05, 0.1) is 11.6 Å². The third-order valence-electron chi connectivity index (χ3n) is 4.58. The molecule has 0 aliphatic heterocycles. The van der Waals surface area contributed by atoms with Crippen molar-refractivity contribution in [3.05, 3.63) is 70.3 Å². The Morgan fingerprint density at radius 2 is 1.83 bits per heavy atom. The van der Waals surface area contributed by atoms with Crippen LogP contribution >= 0.6 is 12.6 Å². The molecule has 24 heavy (non-hydrogen) atoms. The monoisotopic (exact) mass is 335 g/mol. The maximum absolute atomic E-state index is 8.91. The highest BCUT2D eigenvalue weighted by atomic mass is 32.1. The van der Waals surface area contributed by atoms with E-state index in [0.29, 0.717) is 5.56 Å². The summed E-state index contributed by atoms with van der Waals surface area (Å²) in [7, 11) is 0. The van der Waals surface area contributed by atoms with Gasteiger partial charge in [-0.3, -0.25) is 0 Å². The first kappa shape index (κ1) is 18.4. The van der Waals surface area contributed by atoms with E-state index in [-0.39, 0.29) is 5.41 Å². The molecule has 0 unspecified atom stereocenters. The van der Waals surface area contributed by atoms with Crippen molar-refractivity contribution in [2.24, 2.45) is 0 Å². The Kier molecular flexibility index (Phi) is 5.91. The molecule has 0 aliphatic rings. The fraction of sp³-hybridized carbons (Fsp3) is 0.318. The van der Waals surface area contributed by atoms with Gasteiger partial charge in [0.2, 0.25) is 0 Å². The number of rotatable bonds is 5. The number of thiol groups is 1. The number of nitriles is 1. The molecule has 2 aromatic carbocycles. The first-order valence-electron chi connectivity index (χ1n) is 8.28. The standard InChI is InChI=1S/C22H25NS/c1-16-5-6-19(14-21(16)22(3,4)11-12-24)13-17(2)20-9-7-18(15-23)8-10-20/h5-10,13-14,24H,11-12H2,1-4H3/b17-13+. The largest absolute Gasteiger partial charge is 0.192 e. The summed E-state index contributed by atoms with van der Waals surface area (Å²) in [6.45, 7) is 8.86. The number of nitrogens with zero attached hydrogens (tertiary/aromatic N) is 1. The van der Waals surface area contributed by atoms with Gasteiger partial charge in [-0.1, -0.05) is 50.3 Å². The van der Waals surface area contributed by atoms with Crippen LogP contribution in [-0.4, -0.2) is 5.75 Å². The third-order valence-corrected chi connectivity index (χ3v) is 4.80. The van der Waals surface area contributed by atoms with E-state index in [1.807, 2.05) is 24.3 Å². The first-order valence-corrected chi connectivity index (χ1v) is 8.91. The average molecular weight is 336 g/mol. The van der Waals surface area contributed by atoms with Crippen molar-refractivity contribution >= 4 is 24.3 Å². The number of hydrogen-bond acceptors (Lipinski definition) is 2. The molecule has 0 heterocycles. The second-order valence-corrected chi connectivity index (χ2v) is 7.40. The van der Waals surface area contributed by atoms with Crippen molar-refractivity contribution in [2.75, 3.05) is 5.75 Å². The topological polar surface area (TPSA) is 23.8 Å². The van der Waals surface area contributed by atoms with Crippen molar-refractivity contribution in [1.82, 2.24) is 0 Å². The van der Waals surface area contributed by atoms with E-state index in [0.717, 1.165) is 17.7 Å². The fourth-order valence-corrected chi connectivity index (χ4v) is 3.57. The molecule has 0 saturated carbocycles. The first-order chi connectivity index (χ1) is 11.4. The van der Waals surface area contributed by atoms with Crippen LogP contribution in [-0.2, 0) is 5.41 Å². The van der Waals surface area contributed by atoms with Crippen LogP contribution in [0, 0.1) is 18.3 Å². The highest BCUT2D eigenvalue weighted by molar-refractivity contribution is 7.80. The Labute approximate surface area is 151 Å². The van der Waals surface area contributed by atoms with Gasteiger partial charge < -0.3 is 0 Å². The summed E-state index contributed by atoms with van der Waals surface area (Å²) in [4.78, 5) is 0. The minimum atomic E-state index is 0.123. The molecule has 0 bridgehead atoms. The Morgan fingerprint density at radius 3 is 2.42 bits per heavy atom. The molecule has 2 heteroatoms. The SMILES string of the molecule is C/C(=C\c1ccc(C)c(C(C)(C)CCS)c1)c1ccc(C#N)cc1. The molecule has 0 aliphatic carbocycles. The van der Waals surface area contributed by atoms with Crippen LogP contribution in [0.25, 0.3) is 11.6 Å². The summed E-state index contributed by atoms with van der Waals surface area (Å²) in [5, 5.41) is 8.91. The highest BCUT2D eigenvalue weighted by Crippen LogP contribution is 2.31. The predicted octanol–water partition coefficient (Wildman–Crippen LogP) is 6.02. The van der Waals surface area contributed by atoms with E-state index in [9.17, 15) is 0 Å². The molecule has 124 valence electrons. The zero-order chi connectivity index (χ0) is 17.7. The van der Waals surface area contributed by atoms with Crippen molar-refractivity contribution in [3.8, 4) is 6.07 Å². The van der Waals surface area contributed by atoms with Gasteiger partial charge in [-0.05, 0) is 71.4 Å². The molecule has 0 aromatic heterocycles. The van der Waals surface area contributed by atoms with Gasteiger partial charge in [-0.15, -0.1) is 0 Å². The fourth-order valence-electron chi connectivity index (χ4n) is 3.01. The lowest BCUT2D eigenvalue weighted by Gasteiger charge is -2.27. The van der Waals surface area contributed by atoms with Crippen LogP contribution in [0.4, 0.5) is 0 Å². The van der Waals surface area contributed by atoms with Crippen LogP contribution in [0.5, 0.6) is 0 Å². The molecule has 0 N–H and O–H groups in total. The summed E-state index contributed by atoms with van der Waals surface area (Å²) >= 11 is 4.41. The normalized spacial score (nSPS) is 12.1. The molecule has 0 fully saturated rings. The van der Waals surface area contributed by atoms with Crippen LogP contribution in [0.1, 0.15) is 55.0 Å². The summed E-state index contributed by atoms with van der Waals surface area (Å²) in [5.41, 5.74) is 7.08. The molecular formula is C22H25NS. The minimum absolute atomic E-state index is 0.123. The van der Waals surface area contributed by atoms with E-state index < -0.39 is 0 Å². The number of benzene rings is 2. The summed E-state index contributed by atoms with van der Waals surface area (Å²) in [5.74, 6) is 0.886. The number of allylic oxidation sites excluding steroid dienone is 1. The van der Waals surface area contributed by atoms with Crippen LogP contribution in [0.2, 0.25) is 0 Å². The zero-order valence-electron chi connectivity index (χ0n) is 14.9. The van der Waals surface area contributed by atoms with Crippen molar-refractivity contribution in [3.63, 3.8) is 0 Å². The smallest absolute Gasteiger partial charge is 0.0991 e. The maximum Gasteiger partial charge on any atom is 0.0991 e. The quantitative estimate of drug-likeness (QED) is 0.524. The van der Waals surface area contributed by atoms with Gasteiger partial charge in [0.15, 0.2) is 0 Å². The summed E-state index contributed by atoms with van der Waals surface area (Å²) in [6, 6.07) is 16.6. The second kappa shape index (κ2) is 7.73. The van der Waals surface area contributed by atoms with Crippen LogP contribution < -0.4 is 0 Å². The van der Waals surface area contributed by atoms with E-state index in [4.69, 9.17) is 5.26 Å². The molecule has 0 saturated heterocycles. The lowest BCUT2D eigenvalue weighted by atomic mass is 9.79. The average Bonchev–Trinajstić information content (AvgIpc) is 2.56. The lowest BCUT2D eigenvalue weighted by Crippen LogP contribution is -2.19. The molecule has 2 rings (SSSR count). The maximum atomic E-state index is 8.91. The molecular weight excluding hydrogens is 310 g/mol. The van der Waals surface area contributed by atoms with E-state index >= 15 is 0 Å². The Morgan fingerprint density at radius 1 is 1.17 bits per heavy atom. The Bertz CT molecular complexity index is 777. The van der Waals surface area contributed by atoms with E-state index in [1.165, 1.54) is 22.3 Å².